The van der Waals surface area contributed by atoms with E-state index in [2.05, 4.69) is 22.9 Å². The highest BCUT2D eigenvalue weighted by atomic mass is 35.5. The van der Waals surface area contributed by atoms with Gasteiger partial charge in [-0.3, -0.25) is 0 Å². The highest BCUT2D eigenvalue weighted by Gasteiger charge is 2.23. The van der Waals surface area contributed by atoms with Crippen molar-refractivity contribution in [3.05, 3.63) is 23.9 Å². The maximum absolute atomic E-state index is 5.89. The zero-order valence-electron chi connectivity index (χ0n) is 9.82. The Labute approximate surface area is 103 Å². The fourth-order valence-electron chi connectivity index (χ4n) is 2.47. The maximum atomic E-state index is 5.89. The molecular formula is C13H19ClN2. The summed E-state index contributed by atoms with van der Waals surface area (Å²) in [7, 11) is 0. The number of hydrogen-bond donors (Lipinski definition) is 0. The largest absolute Gasteiger partial charge is 0.352 e. The van der Waals surface area contributed by atoms with Gasteiger partial charge < -0.3 is 4.90 Å². The van der Waals surface area contributed by atoms with Crippen LogP contribution in [0.3, 0.4) is 0 Å². The minimum Gasteiger partial charge on any atom is -0.352 e. The predicted octanol–water partition coefficient (Wildman–Crippen LogP) is 3.38. The zero-order valence-corrected chi connectivity index (χ0v) is 10.6. The Morgan fingerprint density at radius 3 is 2.81 bits per heavy atom. The van der Waals surface area contributed by atoms with E-state index >= 15 is 0 Å². The van der Waals surface area contributed by atoms with E-state index in [1.807, 2.05) is 12.3 Å². The fraction of sp³-hybridized carbons (Fsp3) is 0.615. The second-order valence-corrected chi connectivity index (χ2v) is 4.89. The topological polar surface area (TPSA) is 16.1 Å². The van der Waals surface area contributed by atoms with E-state index in [1.54, 1.807) is 0 Å². The summed E-state index contributed by atoms with van der Waals surface area (Å²) in [6.07, 6.45) is 7.14. The molecule has 16 heavy (non-hydrogen) atoms. The van der Waals surface area contributed by atoms with Gasteiger partial charge in [-0.2, -0.15) is 0 Å². The first-order chi connectivity index (χ1) is 7.81. The minimum atomic E-state index is 0.646. The number of rotatable bonds is 4. The molecule has 0 bridgehead atoms. The van der Waals surface area contributed by atoms with Crippen LogP contribution in [0.25, 0.3) is 0 Å². The van der Waals surface area contributed by atoms with Gasteiger partial charge in [-0.05, 0) is 37.5 Å². The maximum Gasteiger partial charge on any atom is 0.129 e. The van der Waals surface area contributed by atoms with Crippen molar-refractivity contribution in [2.75, 3.05) is 17.3 Å². The summed E-state index contributed by atoms with van der Waals surface area (Å²) in [5.41, 5.74) is 1.27. The van der Waals surface area contributed by atoms with Gasteiger partial charge in [0.2, 0.25) is 0 Å². The fourth-order valence-corrected chi connectivity index (χ4v) is 2.65. The molecule has 1 aliphatic carbocycles. The van der Waals surface area contributed by atoms with E-state index < -0.39 is 0 Å². The van der Waals surface area contributed by atoms with Gasteiger partial charge in [0.25, 0.3) is 0 Å². The third kappa shape index (κ3) is 2.67. The molecule has 0 amide bonds. The molecule has 0 atom stereocenters. The summed E-state index contributed by atoms with van der Waals surface area (Å²) in [6.45, 7) is 3.02. The average Bonchev–Trinajstić information content (AvgIpc) is 2.79. The summed E-state index contributed by atoms with van der Waals surface area (Å²) < 4.78 is 0. The Morgan fingerprint density at radius 2 is 2.19 bits per heavy atom. The van der Waals surface area contributed by atoms with E-state index in [4.69, 9.17) is 11.6 Å². The third-order valence-electron chi connectivity index (χ3n) is 3.29. The normalized spacial score (nSPS) is 16.6. The first-order valence-electron chi connectivity index (χ1n) is 6.06. The van der Waals surface area contributed by atoms with Crippen LogP contribution in [0.1, 0.15) is 31.2 Å². The second kappa shape index (κ2) is 5.53. The van der Waals surface area contributed by atoms with Crippen LogP contribution >= 0.6 is 11.6 Å². The number of alkyl halides is 1. The van der Waals surface area contributed by atoms with Crippen molar-refractivity contribution >= 4 is 17.4 Å². The van der Waals surface area contributed by atoms with Crippen LogP contribution in [0.5, 0.6) is 0 Å². The molecule has 0 unspecified atom stereocenters. The van der Waals surface area contributed by atoms with E-state index in [0.717, 1.165) is 12.4 Å². The van der Waals surface area contributed by atoms with Crippen molar-refractivity contribution in [1.82, 2.24) is 4.98 Å². The molecule has 1 heterocycles. The van der Waals surface area contributed by atoms with Crippen LogP contribution in [0.2, 0.25) is 0 Å². The Balaban J connectivity index is 2.17. The lowest BCUT2D eigenvalue weighted by molar-refractivity contribution is 0.614. The highest BCUT2D eigenvalue weighted by Crippen LogP contribution is 2.27. The van der Waals surface area contributed by atoms with E-state index in [-0.39, 0.29) is 0 Å². The number of nitrogens with zero attached hydrogens (tertiary/aromatic N) is 2. The smallest absolute Gasteiger partial charge is 0.129 e. The summed E-state index contributed by atoms with van der Waals surface area (Å²) in [5.74, 6) is 1.76. The van der Waals surface area contributed by atoms with Crippen LogP contribution in [-0.2, 0) is 0 Å². The number of aromatic nitrogens is 1. The van der Waals surface area contributed by atoms with Crippen molar-refractivity contribution in [3.63, 3.8) is 0 Å². The van der Waals surface area contributed by atoms with Gasteiger partial charge in [-0.1, -0.05) is 12.8 Å². The highest BCUT2D eigenvalue weighted by molar-refractivity contribution is 6.18. The molecule has 88 valence electrons. The van der Waals surface area contributed by atoms with Gasteiger partial charge in [-0.25, -0.2) is 4.98 Å². The number of aryl methyl sites for hydroxylation is 1. The molecule has 1 aromatic heterocycles. The number of halogens is 1. The molecule has 0 N–H and O–H groups in total. The molecule has 2 nitrogen and oxygen atoms in total. The molecular weight excluding hydrogens is 220 g/mol. The monoisotopic (exact) mass is 238 g/mol. The summed E-state index contributed by atoms with van der Waals surface area (Å²) in [6, 6.07) is 4.84. The molecule has 2 rings (SSSR count). The van der Waals surface area contributed by atoms with Crippen molar-refractivity contribution in [3.8, 4) is 0 Å². The van der Waals surface area contributed by atoms with Crippen molar-refractivity contribution in [1.29, 1.82) is 0 Å². The lowest BCUT2D eigenvalue weighted by Crippen LogP contribution is -2.35. The Kier molecular flexibility index (Phi) is 4.05. The standard InChI is InChI=1S/C13H19ClN2/c1-11-6-8-15-13(10-11)16(9-7-14)12-4-2-3-5-12/h6,8,10,12H,2-5,7,9H2,1H3. The lowest BCUT2D eigenvalue weighted by atomic mass is 10.2. The first-order valence-corrected chi connectivity index (χ1v) is 6.60. The van der Waals surface area contributed by atoms with Gasteiger partial charge in [0.05, 0.1) is 0 Å². The molecule has 1 fully saturated rings. The van der Waals surface area contributed by atoms with Crippen LogP contribution in [0.15, 0.2) is 18.3 Å². The molecule has 1 aliphatic rings. The first kappa shape index (κ1) is 11.7. The van der Waals surface area contributed by atoms with Crippen molar-refractivity contribution in [2.45, 2.75) is 38.6 Å². The minimum absolute atomic E-state index is 0.646. The zero-order chi connectivity index (χ0) is 11.4. The van der Waals surface area contributed by atoms with Gasteiger partial charge >= 0.3 is 0 Å². The molecule has 1 saturated carbocycles. The number of hydrogen-bond acceptors (Lipinski definition) is 2. The van der Waals surface area contributed by atoms with Gasteiger partial charge in [0.1, 0.15) is 5.82 Å². The molecule has 0 aromatic carbocycles. The Hall–Kier alpha value is -0.760. The SMILES string of the molecule is Cc1ccnc(N(CCCl)C2CCCC2)c1. The molecule has 1 aromatic rings. The van der Waals surface area contributed by atoms with E-state index in [1.165, 1.54) is 31.2 Å². The van der Waals surface area contributed by atoms with Crippen molar-refractivity contribution < 1.29 is 0 Å². The molecule has 0 saturated heterocycles. The summed E-state index contributed by atoms with van der Waals surface area (Å²) in [5, 5.41) is 0. The summed E-state index contributed by atoms with van der Waals surface area (Å²) >= 11 is 5.89. The van der Waals surface area contributed by atoms with Gasteiger partial charge in [0.15, 0.2) is 0 Å². The summed E-state index contributed by atoms with van der Waals surface area (Å²) in [4.78, 5) is 6.85. The quantitative estimate of drug-likeness (QED) is 0.748. The second-order valence-electron chi connectivity index (χ2n) is 4.51. The Bertz CT molecular complexity index is 334. The van der Waals surface area contributed by atoms with Gasteiger partial charge in [0, 0.05) is 24.7 Å². The average molecular weight is 239 g/mol. The van der Waals surface area contributed by atoms with Crippen LogP contribution in [-0.4, -0.2) is 23.5 Å². The lowest BCUT2D eigenvalue weighted by Gasteiger charge is -2.29. The predicted molar refractivity (Wildman–Crippen MR) is 69.3 cm³/mol. The van der Waals surface area contributed by atoms with Crippen molar-refractivity contribution in [2.24, 2.45) is 0 Å². The van der Waals surface area contributed by atoms with Crippen LogP contribution in [0, 0.1) is 6.92 Å². The van der Waals surface area contributed by atoms with E-state index in [9.17, 15) is 0 Å². The van der Waals surface area contributed by atoms with Crippen LogP contribution < -0.4 is 4.90 Å². The Morgan fingerprint density at radius 1 is 1.44 bits per heavy atom. The molecule has 0 radical (unpaired) electrons. The van der Waals surface area contributed by atoms with Crippen LogP contribution in [0.4, 0.5) is 5.82 Å². The van der Waals surface area contributed by atoms with E-state index in [0.29, 0.717) is 11.9 Å². The number of pyridine rings is 1. The number of anilines is 1. The third-order valence-corrected chi connectivity index (χ3v) is 3.46. The molecule has 0 aliphatic heterocycles. The molecule has 3 heteroatoms. The molecule has 0 spiro atoms. The van der Waals surface area contributed by atoms with Gasteiger partial charge in [-0.15, -0.1) is 11.6 Å².